The summed E-state index contributed by atoms with van der Waals surface area (Å²) in [5.74, 6) is -0.205. The van der Waals surface area contributed by atoms with Crippen LogP contribution in [0.1, 0.15) is 28.1 Å². The zero-order valence-corrected chi connectivity index (χ0v) is 16.3. The third-order valence-corrected chi connectivity index (χ3v) is 4.78. The van der Waals surface area contributed by atoms with E-state index in [1.165, 1.54) is 6.08 Å². The summed E-state index contributed by atoms with van der Waals surface area (Å²) in [5.41, 5.74) is 5.45. The Kier molecular flexibility index (Phi) is 5.72. The van der Waals surface area contributed by atoms with Crippen LogP contribution in [0.25, 0.3) is 6.08 Å². The third kappa shape index (κ3) is 4.44. The molecule has 27 heavy (non-hydrogen) atoms. The maximum Gasteiger partial charge on any atom is 0.248 e. The Morgan fingerprint density at radius 1 is 1.22 bits per heavy atom. The van der Waals surface area contributed by atoms with E-state index in [2.05, 4.69) is 15.4 Å². The zero-order chi connectivity index (χ0) is 19.4. The van der Waals surface area contributed by atoms with Crippen LogP contribution in [0, 0.1) is 20.8 Å². The lowest BCUT2D eigenvalue weighted by atomic mass is 10.1. The molecule has 0 fully saturated rings. The molecule has 0 unspecified atom stereocenters. The minimum absolute atomic E-state index is 0.205. The molecule has 0 aliphatic carbocycles. The van der Waals surface area contributed by atoms with E-state index in [9.17, 15) is 4.79 Å². The van der Waals surface area contributed by atoms with Crippen molar-refractivity contribution in [3.63, 3.8) is 0 Å². The molecule has 1 aromatic carbocycles. The minimum atomic E-state index is -0.205. The molecule has 138 valence electrons. The Hall–Kier alpha value is -2.92. The number of nitrogens with zero attached hydrogens (tertiary/aromatic N) is 3. The van der Waals surface area contributed by atoms with Crippen LogP contribution in [-0.2, 0) is 11.3 Å². The van der Waals surface area contributed by atoms with Crippen LogP contribution < -0.4 is 5.32 Å². The first-order valence-corrected chi connectivity index (χ1v) is 9.00. The number of pyridine rings is 1. The van der Waals surface area contributed by atoms with Gasteiger partial charge in [0.05, 0.1) is 24.1 Å². The second-order valence-corrected chi connectivity index (χ2v) is 6.75. The fraction of sp³-hybridized carbons (Fsp3) is 0.190. The van der Waals surface area contributed by atoms with Gasteiger partial charge in [0.15, 0.2) is 0 Å². The van der Waals surface area contributed by atoms with Gasteiger partial charge in [0.2, 0.25) is 5.91 Å². The first kappa shape index (κ1) is 18.9. The molecule has 2 heterocycles. The van der Waals surface area contributed by atoms with E-state index in [1.807, 2.05) is 55.8 Å². The fourth-order valence-electron chi connectivity index (χ4n) is 2.82. The van der Waals surface area contributed by atoms with Crippen molar-refractivity contribution in [1.82, 2.24) is 14.8 Å². The summed E-state index contributed by atoms with van der Waals surface area (Å²) in [6.45, 7) is 6.42. The molecule has 0 aliphatic heterocycles. The molecule has 1 N–H and O–H groups in total. The Labute approximate surface area is 163 Å². The molecule has 0 saturated carbocycles. The molecule has 2 aromatic heterocycles. The van der Waals surface area contributed by atoms with E-state index in [0.717, 1.165) is 28.1 Å². The van der Waals surface area contributed by atoms with Crippen LogP contribution in [0.5, 0.6) is 0 Å². The first-order valence-electron chi connectivity index (χ1n) is 8.63. The highest BCUT2D eigenvalue weighted by atomic mass is 35.5. The lowest BCUT2D eigenvalue weighted by Crippen LogP contribution is -2.09. The fourth-order valence-corrected chi connectivity index (χ4v) is 3.02. The average molecular weight is 381 g/mol. The lowest BCUT2D eigenvalue weighted by Gasteiger charge is -2.07. The van der Waals surface area contributed by atoms with E-state index < -0.39 is 0 Å². The van der Waals surface area contributed by atoms with Gasteiger partial charge in [-0.25, -0.2) is 0 Å². The highest BCUT2D eigenvalue weighted by Gasteiger charge is 2.11. The molecule has 6 heteroatoms. The van der Waals surface area contributed by atoms with Gasteiger partial charge in [-0.2, -0.15) is 5.10 Å². The van der Waals surface area contributed by atoms with E-state index in [1.54, 1.807) is 18.5 Å². The summed E-state index contributed by atoms with van der Waals surface area (Å²) in [6.07, 6.45) is 6.64. The van der Waals surface area contributed by atoms with Crippen LogP contribution in [0.15, 0.2) is 48.8 Å². The molecule has 1 amide bonds. The summed E-state index contributed by atoms with van der Waals surface area (Å²) >= 11 is 6.25. The molecule has 3 aromatic rings. The molecule has 0 saturated heterocycles. The van der Waals surface area contributed by atoms with Gasteiger partial charge in [-0.3, -0.25) is 14.5 Å². The SMILES string of the molecule is Cc1ccncc1NC(=O)/C=C/c1c(C)nn(Cc2ccccc2Cl)c1C. The monoisotopic (exact) mass is 380 g/mol. The number of carbonyl (C=O) groups excluding carboxylic acids is 1. The first-order chi connectivity index (χ1) is 13.0. The van der Waals surface area contributed by atoms with Crippen molar-refractivity contribution in [2.24, 2.45) is 0 Å². The van der Waals surface area contributed by atoms with Crippen LogP contribution in [0.3, 0.4) is 0 Å². The summed E-state index contributed by atoms with van der Waals surface area (Å²) in [4.78, 5) is 16.3. The van der Waals surface area contributed by atoms with Gasteiger partial charge in [0.1, 0.15) is 0 Å². The molecule has 0 atom stereocenters. The topological polar surface area (TPSA) is 59.8 Å². The van der Waals surface area contributed by atoms with Crippen molar-refractivity contribution in [2.75, 3.05) is 5.32 Å². The summed E-state index contributed by atoms with van der Waals surface area (Å²) in [6, 6.07) is 9.57. The van der Waals surface area contributed by atoms with Gasteiger partial charge in [-0.1, -0.05) is 29.8 Å². The number of carbonyl (C=O) groups is 1. The second-order valence-electron chi connectivity index (χ2n) is 6.35. The van der Waals surface area contributed by atoms with Crippen LogP contribution >= 0.6 is 11.6 Å². The predicted octanol–water partition coefficient (Wildman–Crippen LogP) is 4.56. The van der Waals surface area contributed by atoms with Gasteiger partial charge < -0.3 is 5.32 Å². The van der Waals surface area contributed by atoms with E-state index in [4.69, 9.17) is 11.6 Å². The predicted molar refractivity (Wildman–Crippen MR) is 109 cm³/mol. The number of nitrogens with one attached hydrogen (secondary N) is 1. The number of aromatic nitrogens is 3. The Morgan fingerprint density at radius 2 is 2.00 bits per heavy atom. The number of amides is 1. The second kappa shape index (κ2) is 8.18. The highest BCUT2D eigenvalue weighted by Crippen LogP contribution is 2.20. The van der Waals surface area contributed by atoms with Crippen molar-refractivity contribution >= 4 is 29.3 Å². The Morgan fingerprint density at radius 3 is 2.74 bits per heavy atom. The minimum Gasteiger partial charge on any atom is -0.321 e. The van der Waals surface area contributed by atoms with Crippen molar-refractivity contribution in [3.8, 4) is 0 Å². The van der Waals surface area contributed by atoms with Gasteiger partial charge in [-0.15, -0.1) is 0 Å². The summed E-state index contributed by atoms with van der Waals surface area (Å²) in [7, 11) is 0. The number of benzene rings is 1. The highest BCUT2D eigenvalue weighted by molar-refractivity contribution is 6.31. The number of halogens is 1. The van der Waals surface area contributed by atoms with Gasteiger partial charge >= 0.3 is 0 Å². The molecular weight excluding hydrogens is 360 g/mol. The molecule has 0 radical (unpaired) electrons. The number of rotatable bonds is 5. The standard InChI is InChI=1S/C21H21ClN4O/c1-14-10-11-23-12-20(14)24-21(27)9-8-18-15(2)25-26(16(18)3)13-17-6-4-5-7-19(17)22/h4-12H,13H2,1-3H3,(H,24,27)/b9-8+. The van der Waals surface area contributed by atoms with Crippen LogP contribution in [0.2, 0.25) is 5.02 Å². The number of aryl methyl sites for hydroxylation is 2. The number of hydrogen-bond donors (Lipinski definition) is 1. The van der Waals surface area contributed by atoms with Crippen molar-refractivity contribution < 1.29 is 4.79 Å². The maximum absolute atomic E-state index is 12.2. The third-order valence-electron chi connectivity index (χ3n) is 4.41. The molecule has 0 aliphatic rings. The quantitative estimate of drug-likeness (QED) is 0.660. The van der Waals surface area contributed by atoms with Crippen molar-refractivity contribution in [2.45, 2.75) is 27.3 Å². The zero-order valence-electron chi connectivity index (χ0n) is 15.5. The van der Waals surface area contributed by atoms with Gasteiger partial charge in [0, 0.05) is 28.6 Å². The van der Waals surface area contributed by atoms with E-state index in [-0.39, 0.29) is 5.91 Å². The van der Waals surface area contributed by atoms with Gasteiger partial charge in [-0.05, 0) is 50.1 Å². The molecule has 0 bridgehead atoms. The van der Waals surface area contributed by atoms with Crippen molar-refractivity contribution in [1.29, 1.82) is 0 Å². The van der Waals surface area contributed by atoms with Crippen molar-refractivity contribution in [3.05, 3.63) is 81.9 Å². The maximum atomic E-state index is 12.2. The summed E-state index contributed by atoms with van der Waals surface area (Å²) < 4.78 is 1.90. The molecule has 0 spiro atoms. The smallest absolute Gasteiger partial charge is 0.248 e. The van der Waals surface area contributed by atoms with Crippen LogP contribution in [0.4, 0.5) is 5.69 Å². The largest absolute Gasteiger partial charge is 0.321 e. The average Bonchev–Trinajstić information content (AvgIpc) is 2.90. The normalized spacial score (nSPS) is 11.1. The lowest BCUT2D eigenvalue weighted by molar-refractivity contribution is -0.111. The van der Waals surface area contributed by atoms with Crippen LogP contribution in [-0.4, -0.2) is 20.7 Å². The Balaban J connectivity index is 1.76. The van der Waals surface area contributed by atoms with Gasteiger partial charge in [0.25, 0.3) is 0 Å². The molecule has 3 rings (SSSR count). The number of hydrogen-bond acceptors (Lipinski definition) is 3. The van der Waals surface area contributed by atoms with E-state index >= 15 is 0 Å². The molecular formula is C21H21ClN4O. The van der Waals surface area contributed by atoms with E-state index in [0.29, 0.717) is 17.3 Å². The Bertz CT molecular complexity index is 1010. The molecule has 5 nitrogen and oxygen atoms in total. The number of anilines is 1. The summed E-state index contributed by atoms with van der Waals surface area (Å²) in [5, 5.41) is 8.14.